The summed E-state index contributed by atoms with van der Waals surface area (Å²) in [4.78, 5) is 2.64. The van der Waals surface area contributed by atoms with Crippen molar-refractivity contribution in [3.63, 3.8) is 0 Å². The summed E-state index contributed by atoms with van der Waals surface area (Å²) in [6.45, 7) is 7.02. The van der Waals surface area contributed by atoms with Crippen LogP contribution in [-0.4, -0.2) is 37.1 Å². The molecular formula is C17H36N2. The molecule has 1 atom stereocenters. The first-order valence-corrected chi connectivity index (χ1v) is 8.71. The maximum absolute atomic E-state index is 3.66. The summed E-state index contributed by atoms with van der Waals surface area (Å²) in [7, 11) is 2.34. The van der Waals surface area contributed by atoms with E-state index in [2.05, 4.69) is 31.1 Å². The van der Waals surface area contributed by atoms with Gasteiger partial charge in [0, 0.05) is 12.1 Å². The van der Waals surface area contributed by atoms with Crippen LogP contribution in [0, 0.1) is 0 Å². The minimum absolute atomic E-state index is 0.738. The fourth-order valence-corrected chi connectivity index (χ4v) is 3.27. The van der Waals surface area contributed by atoms with Crippen molar-refractivity contribution in [2.45, 2.75) is 90.1 Å². The van der Waals surface area contributed by atoms with Crippen LogP contribution < -0.4 is 5.32 Å². The van der Waals surface area contributed by atoms with E-state index in [1.54, 1.807) is 0 Å². The summed E-state index contributed by atoms with van der Waals surface area (Å²) in [5.41, 5.74) is 0. The van der Waals surface area contributed by atoms with Gasteiger partial charge in [0.05, 0.1) is 0 Å². The smallest absolute Gasteiger partial charge is 0.00922 e. The van der Waals surface area contributed by atoms with Gasteiger partial charge < -0.3 is 10.2 Å². The molecule has 1 aliphatic rings. The van der Waals surface area contributed by atoms with Crippen LogP contribution in [0.5, 0.6) is 0 Å². The molecular weight excluding hydrogens is 232 g/mol. The molecule has 1 rings (SSSR count). The van der Waals surface area contributed by atoms with Crippen molar-refractivity contribution in [3.05, 3.63) is 0 Å². The van der Waals surface area contributed by atoms with Gasteiger partial charge in [-0.2, -0.15) is 0 Å². The maximum atomic E-state index is 3.66. The van der Waals surface area contributed by atoms with E-state index in [0.29, 0.717) is 0 Å². The second kappa shape index (κ2) is 10.7. The zero-order chi connectivity index (χ0) is 13.9. The van der Waals surface area contributed by atoms with Gasteiger partial charge in [-0.25, -0.2) is 0 Å². The highest BCUT2D eigenvalue weighted by Gasteiger charge is 2.16. The summed E-state index contributed by atoms with van der Waals surface area (Å²) < 4.78 is 0. The quantitative estimate of drug-likeness (QED) is 0.631. The predicted molar refractivity (Wildman–Crippen MR) is 85.7 cm³/mol. The van der Waals surface area contributed by atoms with Gasteiger partial charge in [-0.05, 0) is 58.7 Å². The van der Waals surface area contributed by atoms with Crippen LogP contribution in [0.3, 0.4) is 0 Å². The second-order valence-corrected chi connectivity index (χ2v) is 6.33. The lowest BCUT2D eigenvalue weighted by Gasteiger charge is -2.27. The molecule has 0 radical (unpaired) electrons. The topological polar surface area (TPSA) is 15.3 Å². The third kappa shape index (κ3) is 7.31. The van der Waals surface area contributed by atoms with E-state index in [9.17, 15) is 0 Å². The van der Waals surface area contributed by atoms with Gasteiger partial charge in [0.2, 0.25) is 0 Å². The Balaban J connectivity index is 2.15. The van der Waals surface area contributed by atoms with Gasteiger partial charge in [0.25, 0.3) is 0 Å². The zero-order valence-electron chi connectivity index (χ0n) is 13.6. The molecule has 1 fully saturated rings. The molecule has 2 nitrogen and oxygen atoms in total. The SMILES string of the molecule is CCCNC(CC)CCCN(C)C1CCCCCC1. The lowest BCUT2D eigenvalue weighted by atomic mass is 10.1. The Morgan fingerprint density at radius 2 is 1.79 bits per heavy atom. The molecule has 0 amide bonds. The van der Waals surface area contributed by atoms with Crippen molar-refractivity contribution < 1.29 is 0 Å². The largest absolute Gasteiger partial charge is 0.314 e. The van der Waals surface area contributed by atoms with Crippen LogP contribution >= 0.6 is 0 Å². The van der Waals surface area contributed by atoms with Crippen molar-refractivity contribution >= 4 is 0 Å². The minimum atomic E-state index is 0.738. The first-order chi connectivity index (χ1) is 9.27. The van der Waals surface area contributed by atoms with Gasteiger partial charge >= 0.3 is 0 Å². The van der Waals surface area contributed by atoms with E-state index in [4.69, 9.17) is 0 Å². The van der Waals surface area contributed by atoms with Gasteiger partial charge in [-0.1, -0.05) is 39.5 Å². The van der Waals surface area contributed by atoms with Crippen molar-refractivity contribution in [1.29, 1.82) is 0 Å². The highest BCUT2D eigenvalue weighted by atomic mass is 15.1. The van der Waals surface area contributed by atoms with E-state index >= 15 is 0 Å². The first-order valence-electron chi connectivity index (χ1n) is 8.71. The zero-order valence-corrected chi connectivity index (χ0v) is 13.6. The fourth-order valence-electron chi connectivity index (χ4n) is 3.27. The molecule has 1 N–H and O–H groups in total. The lowest BCUT2D eigenvalue weighted by Crippen LogP contribution is -2.34. The summed E-state index contributed by atoms with van der Waals surface area (Å²) >= 11 is 0. The normalized spacial score (nSPS) is 19.6. The third-order valence-corrected chi connectivity index (χ3v) is 4.69. The van der Waals surface area contributed by atoms with Crippen LogP contribution in [-0.2, 0) is 0 Å². The van der Waals surface area contributed by atoms with Crippen molar-refractivity contribution in [1.82, 2.24) is 10.2 Å². The molecule has 0 aromatic heterocycles. The van der Waals surface area contributed by atoms with E-state index in [1.807, 2.05) is 0 Å². The predicted octanol–water partition coefficient (Wildman–Crippen LogP) is 4.20. The number of hydrogen-bond acceptors (Lipinski definition) is 2. The van der Waals surface area contributed by atoms with Crippen molar-refractivity contribution in [2.75, 3.05) is 20.1 Å². The molecule has 19 heavy (non-hydrogen) atoms. The van der Waals surface area contributed by atoms with Gasteiger partial charge in [0.1, 0.15) is 0 Å². The number of rotatable bonds is 9. The molecule has 1 unspecified atom stereocenters. The van der Waals surface area contributed by atoms with Gasteiger partial charge in [-0.3, -0.25) is 0 Å². The van der Waals surface area contributed by atoms with Crippen LogP contribution in [0.4, 0.5) is 0 Å². The number of hydrogen-bond donors (Lipinski definition) is 1. The van der Waals surface area contributed by atoms with Crippen LogP contribution in [0.15, 0.2) is 0 Å². The molecule has 0 aliphatic heterocycles. The highest BCUT2D eigenvalue weighted by molar-refractivity contribution is 4.73. The molecule has 2 heteroatoms. The standard InChI is InChI=1S/C17H36N2/c1-4-14-18-16(5-2)11-10-15-19(3)17-12-8-6-7-9-13-17/h16-18H,4-15H2,1-3H3. The van der Waals surface area contributed by atoms with Gasteiger partial charge in [-0.15, -0.1) is 0 Å². The fraction of sp³-hybridized carbons (Fsp3) is 1.00. The molecule has 0 aromatic carbocycles. The first kappa shape index (κ1) is 17.0. The average Bonchev–Trinajstić information content (AvgIpc) is 2.71. The Hall–Kier alpha value is -0.0800. The Kier molecular flexibility index (Phi) is 9.54. The van der Waals surface area contributed by atoms with E-state index < -0.39 is 0 Å². The third-order valence-electron chi connectivity index (χ3n) is 4.69. The molecule has 1 aliphatic carbocycles. The number of nitrogens with zero attached hydrogens (tertiary/aromatic N) is 1. The molecule has 0 saturated heterocycles. The average molecular weight is 268 g/mol. The maximum Gasteiger partial charge on any atom is 0.00922 e. The van der Waals surface area contributed by atoms with Crippen molar-refractivity contribution in [2.24, 2.45) is 0 Å². The Morgan fingerprint density at radius 1 is 1.11 bits per heavy atom. The molecule has 0 spiro atoms. The molecule has 0 aromatic rings. The minimum Gasteiger partial charge on any atom is -0.314 e. The van der Waals surface area contributed by atoms with Crippen molar-refractivity contribution in [3.8, 4) is 0 Å². The summed E-state index contributed by atoms with van der Waals surface area (Å²) in [6.07, 6.45) is 13.9. The van der Waals surface area contributed by atoms with Crippen LogP contribution in [0.2, 0.25) is 0 Å². The molecule has 0 heterocycles. The van der Waals surface area contributed by atoms with E-state index in [0.717, 1.165) is 12.1 Å². The lowest BCUT2D eigenvalue weighted by molar-refractivity contribution is 0.213. The molecule has 0 bridgehead atoms. The summed E-state index contributed by atoms with van der Waals surface area (Å²) in [5.74, 6) is 0. The highest BCUT2D eigenvalue weighted by Crippen LogP contribution is 2.21. The molecule has 1 saturated carbocycles. The Labute approximate surface area is 121 Å². The Morgan fingerprint density at radius 3 is 2.37 bits per heavy atom. The van der Waals surface area contributed by atoms with E-state index in [-0.39, 0.29) is 0 Å². The monoisotopic (exact) mass is 268 g/mol. The summed E-state index contributed by atoms with van der Waals surface area (Å²) in [6, 6.07) is 1.61. The Bertz CT molecular complexity index is 197. The van der Waals surface area contributed by atoms with Gasteiger partial charge in [0.15, 0.2) is 0 Å². The van der Waals surface area contributed by atoms with E-state index in [1.165, 1.54) is 77.3 Å². The number of nitrogens with one attached hydrogen (secondary N) is 1. The second-order valence-electron chi connectivity index (χ2n) is 6.33. The summed E-state index contributed by atoms with van der Waals surface area (Å²) in [5, 5.41) is 3.66. The van der Waals surface area contributed by atoms with Crippen LogP contribution in [0.25, 0.3) is 0 Å². The van der Waals surface area contributed by atoms with Crippen LogP contribution in [0.1, 0.15) is 78.1 Å². The molecule has 114 valence electrons.